The van der Waals surface area contributed by atoms with Gasteiger partial charge in [-0.25, -0.2) is 0 Å². The molecule has 0 radical (unpaired) electrons. The molecular weight excluding hydrogens is 390 g/mol. The quantitative estimate of drug-likeness (QED) is 0.448. The van der Waals surface area contributed by atoms with Crippen LogP contribution in [0.5, 0.6) is 23.0 Å². The Morgan fingerprint density at radius 1 is 0.862 bits per heavy atom. The van der Waals surface area contributed by atoms with Gasteiger partial charge in [0, 0.05) is 11.3 Å². The van der Waals surface area contributed by atoms with Crippen molar-refractivity contribution in [2.45, 2.75) is 0 Å². The van der Waals surface area contributed by atoms with Crippen LogP contribution in [0.3, 0.4) is 0 Å². The van der Waals surface area contributed by atoms with Crippen molar-refractivity contribution in [3.63, 3.8) is 0 Å². The van der Waals surface area contributed by atoms with E-state index in [1.807, 2.05) is 54.6 Å². The SMILES string of the molecule is O=C(NNC(=S)Nc1ccc(Oc2ccccc2)cc1)c1ccc2c(c1)OCO2. The molecule has 1 amide bonds. The summed E-state index contributed by atoms with van der Waals surface area (Å²) in [6.45, 7) is 0.155. The molecule has 3 aromatic carbocycles. The van der Waals surface area contributed by atoms with Crippen molar-refractivity contribution in [2.75, 3.05) is 12.1 Å². The van der Waals surface area contributed by atoms with E-state index in [0.717, 1.165) is 11.4 Å². The first-order valence-corrected chi connectivity index (χ1v) is 9.18. The Morgan fingerprint density at radius 3 is 2.38 bits per heavy atom. The number of para-hydroxylation sites is 1. The topological polar surface area (TPSA) is 80.9 Å². The maximum absolute atomic E-state index is 12.2. The summed E-state index contributed by atoms with van der Waals surface area (Å²) >= 11 is 5.21. The Morgan fingerprint density at radius 2 is 1.59 bits per heavy atom. The number of carbonyl (C=O) groups excluding carboxylic acids is 1. The number of carbonyl (C=O) groups is 1. The predicted octanol–water partition coefficient (Wildman–Crippen LogP) is 3.84. The largest absolute Gasteiger partial charge is 0.457 e. The van der Waals surface area contributed by atoms with Gasteiger partial charge in [-0.2, -0.15) is 0 Å². The van der Waals surface area contributed by atoms with Crippen molar-refractivity contribution in [3.05, 3.63) is 78.4 Å². The van der Waals surface area contributed by atoms with E-state index in [1.54, 1.807) is 18.2 Å². The minimum absolute atomic E-state index is 0.155. The van der Waals surface area contributed by atoms with Crippen LogP contribution in [0.25, 0.3) is 0 Å². The lowest BCUT2D eigenvalue weighted by molar-refractivity contribution is 0.0943. The number of hydrogen-bond donors (Lipinski definition) is 3. The smallest absolute Gasteiger partial charge is 0.269 e. The molecule has 29 heavy (non-hydrogen) atoms. The molecule has 0 aromatic heterocycles. The number of rotatable bonds is 4. The Balaban J connectivity index is 1.27. The van der Waals surface area contributed by atoms with Gasteiger partial charge in [-0.15, -0.1) is 0 Å². The van der Waals surface area contributed by atoms with Crippen molar-refractivity contribution >= 4 is 28.9 Å². The van der Waals surface area contributed by atoms with Gasteiger partial charge < -0.3 is 19.5 Å². The molecule has 146 valence electrons. The Labute approximate surface area is 172 Å². The Kier molecular flexibility index (Phi) is 5.44. The molecule has 1 aliphatic rings. The lowest BCUT2D eigenvalue weighted by Crippen LogP contribution is -2.43. The predicted molar refractivity (Wildman–Crippen MR) is 112 cm³/mol. The van der Waals surface area contributed by atoms with Crippen LogP contribution in [0.2, 0.25) is 0 Å². The van der Waals surface area contributed by atoms with Crippen LogP contribution in [0.1, 0.15) is 10.4 Å². The highest BCUT2D eigenvalue weighted by molar-refractivity contribution is 7.80. The fourth-order valence-electron chi connectivity index (χ4n) is 2.62. The minimum atomic E-state index is -0.348. The van der Waals surface area contributed by atoms with Crippen molar-refractivity contribution in [1.29, 1.82) is 0 Å². The van der Waals surface area contributed by atoms with Gasteiger partial charge in [-0.05, 0) is 66.8 Å². The van der Waals surface area contributed by atoms with Gasteiger partial charge >= 0.3 is 0 Å². The van der Waals surface area contributed by atoms with Crippen molar-refractivity contribution in [1.82, 2.24) is 10.9 Å². The summed E-state index contributed by atoms with van der Waals surface area (Å²) in [5.41, 5.74) is 6.38. The molecule has 1 aliphatic heterocycles. The second kappa shape index (κ2) is 8.49. The van der Waals surface area contributed by atoms with Crippen molar-refractivity contribution in [2.24, 2.45) is 0 Å². The van der Waals surface area contributed by atoms with E-state index < -0.39 is 0 Å². The van der Waals surface area contributed by atoms with Crippen LogP contribution in [0.4, 0.5) is 5.69 Å². The fourth-order valence-corrected chi connectivity index (χ4v) is 2.79. The first kappa shape index (κ1) is 18.6. The molecular formula is C21H17N3O4S. The first-order valence-electron chi connectivity index (χ1n) is 8.77. The fraction of sp³-hybridized carbons (Fsp3) is 0.0476. The summed E-state index contributed by atoms with van der Waals surface area (Å²) in [7, 11) is 0. The maximum atomic E-state index is 12.2. The number of benzene rings is 3. The van der Waals surface area contributed by atoms with Crippen LogP contribution in [0, 0.1) is 0 Å². The third-order valence-corrected chi connectivity index (χ3v) is 4.22. The second-order valence-corrected chi connectivity index (χ2v) is 6.45. The minimum Gasteiger partial charge on any atom is -0.457 e. The molecule has 0 saturated carbocycles. The lowest BCUT2D eigenvalue weighted by atomic mass is 10.2. The van der Waals surface area contributed by atoms with E-state index in [4.69, 9.17) is 26.4 Å². The summed E-state index contributed by atoms with van der Waals surface area (Å²) in [5.74, 6) is 2.27. The monoisotopic (exact) mass is 407 g/mol. The molecule has 3 N–H and O–H groups in total. The summed E-state index contributed by atoms with van der Waals surface area (Å²) in [6.07, 6.45) is 0. The van der Waals surface area contributed by atoms with Crippen LogP contribution in [0.15, 0.2) is 72.8 Å². The molecule has 0 aliphatic carbocycles. The average molecular weight is 407 g/mol. The van der Waals surface area contributed by atoms with Gasteiger partial charge in [0.2, 0.25) is 6.79 Å². The van der Waals surface area contributed by atoms with Gasteiger partial charge in [-0.3, -0.25) is 15.6 Å². The summed E-state index contributed by atoms with van der Waals surface area (Å²) in [4.78, 5) is 12.2. The summed E-state index contributed by atoms with van der Waals surface area (Å²) < 4.78 is 16.2. The number of fused-ring (bicyclic) bond motifs is 1. The molecule has 4 rings (SSSR count). The number of ether oxygens (including phenoxy) is 3. The zero-order valence-electron chi connectivity index (χ0n) is 15.2. The molecule has 0 saturated heterocycles. The molecule has 0 bridgehead atoms. The van der Waals surface area contributed by atoms with Gasteiger partial charge in [0.1, 0.15) is 11.5 Å². The number of amides is 1. The number of hydrogen-bond acceptors (Lipinski definition) is 5. The lowest BCUT2D eigenvalue weighted by Gasteiger charge is -2.12. The Bertz CT molecular complexity index is 1030. The third kappa shape index (κ3) is 4.74. The first-order chi connectivity index (χ1) is 14.2. The van der Waals surface area contributed by atoms with Crippen LogP contribution < -0.4 is 30.4 Å². The highest BCUT2D eigenvalue weighted by Gasteiger charge is 2.16. The number of thiocarbonyl (C=S) groups is 1. The summed E-state index contributed by atoms with van der Waals surface area (Å²) in [5, 5.41) is 3.23. The summed E-state index contributed by atoms with van der Waals surface area (Å²) in [6, 6.07) is 21.8. The van der Waals surface area contributed by atoms with Crippen molar-refractivity contribution in [3.8, 4) is 23.0 Å². The highest BCUT2D eigenvalue weighted by atomic mass is 32.1. The van der Waals surface area contributed by atoms with Gasteiger partial charge in [0.25, 0.3) is 5.91 Å². The Hall–Kier alpha value is -3.78. The zero-order valence-corrected chi connectivity index (χ0v) is 16.0. The second-order valence-electron chi connectivity index (χ2n) is 6.04. The highest BCUT2D eigenvalue weighted by Crippen LogP contribution is 2.32. The number of nitrogens with one attached hydrogen (secondary N) is 3. The van der Waals surface area contributed by atoms with E-state index in [2.05, 4.69) is 16.2 Å². The van der Waals surface area contributed by atoms with E-state index in [1.165, 1.54) is 0 Å². The van der Waals surface area contributed by atoms with E-state index in [-0.39, 0.29) is 17.8 Å². The van der Waals surface area contributed by atoms with Gasteiger partial charge in [0.15, 0.2) is 16.6 Å². The molecule has 3 aromatic rings. The molecule has 0 atom stereocenters. The van der Waals surface area contributed by atoms with E-state index in [9.17, 15) is 4.79 Å². The number of hydrazine groups is 1. The van der Waals surface area contributed by atoms with E-state index in [0.29, 0.717) is 22.8 Å². The molecule has 8 heteroatoms. The molecule has 1 heterocycles. The van der Waals surface area contributed by atoms with Gasteiger partial charge in [0.05, 0.1) is 0 Å². The van der Waals surface area contributed by atoms with Crippen LogP contribution in [-0.2, 0) is 0 Å². The molecule has 0 spiro atoms. The van der Waals surface area contributed by atoms with Gasteiger partial charge in [-0.1, -0.05) is 18.2 Å². The van der Waals surface area contributed by atoms with Crippen LogP contribution >= 0.6 is 12.2 Å². The normalized spacial score (nSPS) is 11.4. The van der Waals surface area contributed by atoms with Crippen LogP contribution in [-0.4, -0.2) is 17.8 Å². The van der Waals surface area contributed by atoms with Crippen molar-refractivity contribution < 1.29 is 19.0 Å². The average Bonchev–Trinajstić information content (AvgIpc) is 3.22. The van der Waals surface area contributed by atoms with E-state index >= 15 is 0 Å². The standard InChI is InChI=1S/C21H17N3O4S/c25-20(14-6-11-18-19(12-14)27-13-26-18)23-24-21(29)22-15-7-9-17(10-8-15)28-16-4-2-1-3-5-16/h1-12H,13H2,(H,23,25)(H2,22,24,29). The molecule has 0 unspecified atom stereocenters. The maximum Gasteiger partial charge on any atom is 0.269 e. The molecule has 7 nitrogen and oxygen atoms in total. The third-order valence-electron chi connectivity index (χ3n) is 4.02. The zero-order chi connectivity index (χ0) is 20.1. The molecule has 0 fully saturated rings. The number of anilines is 1.